The molecular weight excluding hydrogens is 565 g/mol. The lowest BCUT2D eigenvalue weighted by atomic mass is 9.91. The van der Waals surface area contributed by atoms with E-state index in [1.165, 1.54) is 0 Å². The van der Waals surface area contributed by atoms with Crippen molar-refractivity contribution < 1.29 is 19.4 Å². The van der Waals surface area contributed by atoms with Gasteiger partial charge in [0, 0.05) is 22.9 Å². The minimum absolute atomic E-state index is 0.0231. The maximum atomic E-state index is 12.1. The summed E-state index contributed by atoms with van der Waals surface area (Å²) in [6, 6.07) is 14.8. The van der Waals surface area contributed by atoms with Gasteiger partial charge < -0.3 is 19.9 Å². The van der Waals surface area contributed by atoms with Gasteiger partial charge in [-0.25, -0.2) is 0 Å². The third-order valence-corrected chi connectivity index (χ3v) is 8.25. The number of aliphatic hydroxyl groups excluding tert-OH is 1. The molecule has 7 nitrogen and oxygen atoms in total. The van der Waals surface area contributed by atoms with Crippen LogP contribution in [0.1, 0.15) is 41.0 Å². The fourth-order valence-electron chi connectivity index (χ4n) is 3.77. The minimum Gasteiger partial charge on any atom is -0.392 e. The molecule has 1 fully saturated rings. The van der Waals surface area contributed by atoms with Crippen LogP contribution in [0.2, 0.25) is 0 Å². The fourth-order valence-corrected chi connectivity index (χ4v) is 5.91. The van der Waals surface area contributed by atoms with E-state index in [0.717, 1.165) is 20.5 Å². The third kappa shape index (κ3) is 6.90. The van der Waals surface area contributed by atoms with Crippen LogP contribution in [-0.4, -0.2) is 36.9 Å². The fraction of sp³-hybridized carbons (Fsp3) is 0.375. The average Bonchev–Trinajstić information content (AvgIpc) is 3.28. The van der Waals surface area contributed by atoms with Gasteiger partial charge in [0.2, 0.25) is 0 Å². The number of amides is 1. The van der Waals surface area contributed by atoms with Crippen molar-refractivity contribution in [1.29, 1.82) is 0 Å². The Hall–Kier alpha value is -1.43. The van der Waals surface area contributed by atoms with E-state index in [1.54, 1.807) is 41.3 Å². The van der Waals surface area contributed by atoms with Gasteiger partial charge in [-0.15, -0.1) is 10.2 Å². The summed E-state index contributed by atoms with van der Waals surface area (Å²) in [5.41, 5.74) is 2.97. The highest BCUT2D eigenvalue weighted by molar-refractivity contribution is 8.01. The number of carbonyl (C=O) groups excluding carboxylic acids is 1. The predicted molar refractivity (Wildman–Crippen MR) is 144 cm³/mol. The Balaban J connectivity index is 1.59. The average molecular weight is 589 g/mol. The van der Waals surface area contributed by atoms with Crippen molar-refractivity contribution >= 4 is 69.5 Å². The molecule has 12 heteroatoms. The molecule has 4 rings (SSSR count). The van der Waals surface area contributed by atoms with Crippen molar-refractivity contribution in [3.63, 3.8) is 0 Å². The van der Waals surface area contributed by atoms with E-state index in [-0.39, 0.29) is 24.7 Å². The minimum atomic E-state index is -2.08. The van der Waals surface area contributed by atoms with Gasteiger partial charge in [0.05, 0.1) is 18.8 Å². The zero-order valence-electron chi connectivity index (χ0n) is 19.4. The van der Waals surface area contributed by atoms with Gasteiger partial charge in [0.15, 0.2) is 10.6 Å². The lowest BCUT2D eigenvalue weighted by Crippen LogP contribution is -2.38. The Morgan fingerprint density at radius 3 is 2.53 bits per heavy atom. The zero-order valence-corrected chi connectivity index (χ0v) is 23.3. The molecule has 0 unspecified atom stereocenters. The number of hydrogen-bond donors (Lipinski definition) is 2. The Labute approximate surface area is 232 Å². The molecule has 36 heavy (non-hydrogen) atoms. The number of aromatic nitrogens is 2. The molecule has 4 atom stereocenters. The first-order chi connectivity index (χ1) is 17.1. The van der Waals surface area contributed by atoms with Crippen molar-refractivity contribution in [3.8, 4) is 0 Å². The van der Waals surface area contributed by atoms with E-state index in [4.69, 9.17) is 44.3 Å². The number of nitrogens with zero attached hydrogens (tertiary/aromatic N) is 2. The first kappa shape index (κ1) is 27.6. The van der Waals surface area contributed by atoms with E-state index in [9.17, 15) is 9.90 Å². The predicted octanol–water partition coefficient (Wildman–Crippen LogP) is 6.23. The highest BCUT2D eigenvalue weighted by atomic mass is 35.6. The SMILES string of the molecule is Cc1nnc(SC[C@@H]2O[C@H](c3cccc(NC(=O)C(Cl)(Cl)Cl)c3)O[C@H](c3ccc(CO)cc3)[C@@H]2C)s1. The number of ether oxygens (including phenoxy) is 2. The largest absolute Gasteiger partial charge is 0.392 e. The molecule has 0 radical (unpaired) electrons. The molecule has 1 saturated heterocycles. The second-order valence-corrected chi connectivity index (χ2v) is 13.0. The number of benzene rings is 2. The van der Waals surface area contributed by atoms with E-state index < -0.39 is 16.0 Å². The number of hydrogen-bond acceptors (Lipinski definition) is 8. The number of alkyl halides is 3. The van der Waals surface area contributed by atoms with Crippen LogP contribution in [0.5, 0.6) is 0 Å². The molecule has 2 heterocycles. The summed E-state index contributed by atoms with van der Waals surface area (Å²) in [6.45, 7) is 3.99. The Kier molecular flexibility index (Phi) is 9.17. The molecule has 1 aromatic heterocycles. The van der Waals surface area contributed by atoms with Crippen LogP contribution in [0.25, 0.3) is 0 Å². The number of thioether (sulfide) groups is 1. The van der Waals surface area contributed by atoms with Gasteiger partial charge in [0.1, 0.15) is 5.01 Å². The van der Waals surface area contributed by atoms with Gasteiger partial charge in [0.25, 0.3) is 9.70 Å². The van der Waals surface area contributed by atoms with E-state index in [0.29, 0.717) is 17.0 Å². The van der Waals surface area contributed by atoms with Crippen molar-refractivity contribution in [2.24, 2.45) is 5.92 Å². The summed E-state index contributed by atoms with van der Waals surface area (Å²) in [5.74, 6) is -0.0767. The van der Waals surface area contributed by atoms with Crippen LogP contribution in [0.15, 0.2) is 52.9 Å². The molecule has 2 N–H and O–H groups in total. The Morgan fingerprint density at radius 2 is 1.89 bits per heavy atom. The van der Waals surface area contributed by atoms with Crippen LogP contribution in [0, 0.1) is 12.8 Å². The normalized spacial score (nSPS) is 22.4. The summed E-state index contributed by atoms with van der Waals surface area (Å²) in [4.78, 5) is 12.1. The van der Waals surface area contributed by atoms with Gasteiger partial charge in [-0.2, -0.15) is 0 Å². The molecule has 0 bridgehead atoms. The summed E-state index contributed by atoms with van der Waals surface area (Å²) in [5, 5.41) is 21.2. The molecule has 0 aliphatic carbocycles. The monoisotopic (exact) mass is 587 g/mol. The molecule has 0 spiro atoms. The second kappa shape index (κ2) is 12.0. The first-order valence-electron chi connectivity index (χ1n) is 11.1. The van der Waals surface area contributed by atoms with Gasteiger partial charge in [-0.3, -0.25) is 4.79 Å². The number of nitrogens with one attached hydrogen (secondary N) is 1. The third-order valence-electron chi connectivity index (χ3n) is 5.68. The van der Waals surface area contributed by atoms with Crippen LogP contribution in [0.3, 0.4) is 0 Å². The number of carbonyl (C=O) groups is 1. The van der Waals surface area contributed by atoms with Gasteiger partial charge >= 0.3 is 0 Å². The van der Waals surface area contributed by atoms with Crippen molar-refractivity contribution in [3.05, 3.63) is 70.2 Å². The van der Waals surface area contributed by atoms with Crippen molar-refractivity contribution in [1.82, 2.24) is 10.2 Å². The summed E-state index contributed by atoms with van der Waals surface area (Å²) < 4.78 is 11.7. The van der Waals surface area contributed by atoms with Crippen LogP contribution < -0.4 is 5.32 Å². The highest BCUT2D eigenvalue weighted by Gasteiger charge is 2.39. The number of aryl methyl sites for hydroxylation is 1. The molecule has 1 aliphatic rings. The van der Waals surface area contributed by atoms with Gasteiger partial charge in [-0.05, 0) is 30.2 Å². The molecule has 3 aromatic rings. The Morgan fingerprint density at radius 1 is 1.14 bits per heavy atom. The number of anilines is 1. The molecule has 1 aliphatic heterocycles. The van der Waals surface area contributed by atoms with Crippen molar-refractivity contribution in [2.75, 3.05) is 11.1 Å². The quantitative estimate of drug-likeness (QED) is 0.250. The van der Waals surface area contributed by atoms with E-state index in [1.807, 2.05) is 37.3 Å². The maximum absolute atomic E-state index is 12.1. The number of halogens is 3. The van der Waals surface area contributed by atoms with Gasteiger partial charge in [-0.1, -0.05) is 101 Å². The summed E-state index contributed by atoms with van der Waals surface area (Å²) in [7, 11) is 0. The second-order valence-electron chi connectivity index (χ2n) is 8.30. The zero-order chi connectivity index (χ0) is 25.9. The smallest absolute Gasteiger partial charge is 0.276 e. The van der Waals surface area contributed by atoms with E-state index in [2.05, 4.69) is 22.4 Å². The maximum Gasteiger partial charge on any atom is 0.276 e. The van der Waals surface area contributed by atoms with Crippen molar-refractivity contribution in [2.45, 2.75) is 47.1 Å². The standard InChI is InChI=1S/C24H24Cl3N3O4S2/c1-13-19(12-35-23-30-29-14(2)36-23)33-21(34-20(13)16-8-6-15(11-31)7-9-16)17-4-3-5-18(10-17)28-22(32)24(25,26)27/h3-10,13,19-21,31H,11-12H2,1-2H3,(H,28,32)/t13-,19+,20+,21+/m1/s1. The Bertz CT molecular complexity index is 1190. The summed E-state index contributed by atoms with van der Waals surface area (Å²) in [6.07, 6.45) is -1.13. The number of rotatable bonds is 7. The van der Waals surface area contributed by atoms with E-state index >= 15 is 0 Å². The first-order valence-corrected chi connectivity index (χ1v) is 14.0. The van der Waals surface area contributed by atoms with Crippen LogP contribution >= 0.6 is 57.9 Å². The molecule has 1 amide bonds. The molecule has 0 saturated carbocycles. The number of aliphatic hydroxyl groups is 1. The van der Waals surface area contributed by atoms with Crippen LogP contribution in [-0.2, 0) is 20.9 Å². The topological polar surface area (TPSA) is 93.6 Å². The lowest BCUT2D eigenvalue weighted by Gasteiger charge is -2.41. The molecular formula is C24H24Cl3N3O4S2. The molecule has 2 aromatic carbocycles. The van der Waals surface area contributed by atoms with Crippen LogP contribution in [0.4, 0.5) is 5.69 Å². The molecule has 192 valence electrons. The highest BCUT2D eigenvalue weighted by Crippen LogP contribution is 2.43. The summed E-state index contributed by atoms with van der Waals surface area (Å²) >= 11 is 20.2. The lowest BCUT2D eigenvalue weighted by molar-refractivity contribution is -0.268.